The number of piperidine rings is 1. The molecule has 2 aromatic rings. The number of aromatic nitrogens is 2. The summed E-state index contributed by atoms with van der Waals surface area (Å²) in [7, 11) is 0. The molecule has 148 valence electrons. The predicted octanol–water partition coefficient (Wildman–Crippen LogP) is 3.01. The van der Waals surface area contributed by atoms with Crippen LogP contribution < -0.4 is 10.3 Å². The Balaban J connectivity index is 1.10. The average molecular weight is 380 g/mol. The minimum Gasteiger partial charge on any atom is -0.493 e. The van der Waals surface area contributed by atoms with Gasteiger partial charge in [-0.25, -0.2) is 4.98 Å². The van der Waals surface area contributed by atoms with E-state index >= 15 is 0 Å². The summed E-state index contributed by atoms with van der Waals surface area (Å²) < 4.78 is 7.42. The maximum absolute atomic E-state index is 12.4. The van der Waals surface area contributed by atoms with Crippen LogP contribution in [0, 0.1) is 5.92 Å². The molecule has 5 heteroatoms. The molecule has 0 N–H and O–H groups in total. The van der Waals surface area contributed by atoms with Crippen LogP contribution in [-0.2, 0) is 19.4 Å². The third-order valence-electron chi connectivity index (χ3n) is 6.53. The molecule has 0 amide bonds. The summed E-state index contributed by atoms with van der Waals surface area (Å²) >= 11 is 0. The third kappa shape index (κ3) is 4.00. The summed E-state index contributed by atoms with van der Waals surface area (Å²) in [4.78, 5) is 19.4. The third-order valence-corrected chi connectivity index (χ3v) is 6.53. The van der Waals surface area contributed by atoms with E-state index in [2.05, 4.69) is 28.1 Å². The van der Waals surface area contributed by atoms with Gasteiger partial charge in [0.1, 0.15) is 5.75 Å². The van der Waals surface area contributed by atoms with Crippen molar-refractivity contribution >= 4 is 0 Å². The van der Waals surface area contributed by atoms with Crippen LogP contribution >= 0.6 is 0 Å². The summed E-state index contributed by atoms with van der Waals surface area (Å²) in [5, 5.41) is 0. The van der Waals surface area contributed by atoms with Gasteiger partial charge in [-0.3, -0.25) is 9.36 Å². The summed E-state index contributed by atoms with van der Waals surface area (Å²) in [5.74, 6) is 2.20. The fraction of sp³-hybridized carbons (Fsp3) is 0.565. The van der Waals surface area contributed by atoms with Crippen molar-refractivity contribution in [2.45, 2.75) is 51.0 Å². The molecule has 28 heavy (non-hydrogen) atoms. The Hall–Kier alpha value is -2.14. The van der Waals surface area contributed by atoms with Gasteiger partial charge in [-0.2, -0.15) is 0 Å². The number of benzene rings is 1. The Kier molecular flexibility index (Phi) is 4.93. The molecule has 0 atom stereocenters. The van der Waals surface area contributed by atoms with Crippen LogP contribution in [0.25, 0.3) is 0 Å². The maximum Gasteiger partial charge on any atom is 0.253 e. The van der Waals surface area contributed by atoms with Crippen LogP contribution in [0.5, 0.6) is 5.75 Å². The van der Waals surface area contributed by atoms with Gasteiger partial charge in [0.2, 0.25) is 0 Å². The second-order valence-corrected chi connectivity index (χ2v) is 8.65. The van der Waals surface area contributed by atoms with Crippen molar-refractivity contribution < 1.29 is 4.74 Å². The van der Waals surface area contributed by atoms with Gasteiger partial charge in [0.25, 0.3) is 5.56 Å². The first-order chi connectivity index (χ1) is 13.7. The first-order valence-electron chi connectivity index (χ1n) is 10.8. The Morgan fingerprint density at radius 1 is 1.11 bits per heavy atom. The number of hydrogen-bond acceptors (Lipinski definition) is 4. The highest BCUT2D eigenvalue weighted by Gasteiger charge is 2.26. The Labute approximate surface area is 166 Å². The molecule has 5 nitrogen and oxygen atoms in total. The molecule has 0 radical (unpaired) electrons. The summed E-state index contributed by atoms with van der Waals surface area (Å²) in [6.07, 6.45) is 8.63. The number of ether oxygens (including phenoxy) is 1. The van der Waals surface area contributed by atoms with Gasteiger partial charge in [0.05, 0.1) is 18.6 Å². The standard InChI is InChI=1S/C23H29N3O2/c27-23-14-21(19-2-3-19)24-16-26(23)15-18-6-10-25(11-7-18)9-5-17-1-4-22-20(13-17)8-12-28-22/h1,4,13-14,16,18-19H,2-3,5-12,15H2. The Bertz CT molecular complexity index is 895. The van der Waals surface area contributed by atoms with E-state index in [9.17, 15) is 4.79 Å². The topological polar surface area (TPSA) is 47.4 Å². The van der Waals surface area contributed by atoms with Gasteiger partial charge >= 0.3 is 0 Å². The first-order valence-corrected chi connectivity index (χ1v) is 10.8. The van der Waals surface area contributed by atoms with Gasteiger partial charge in [0, 0.05) is 31.5 Å². The lowest BCUT2D eigenvalue weighted by Gasteiger charge is -2.32. The number of nitrogens with zero attached hydrogens (tertiary/aromatic N) is 3. The first kappa shape index (κ1) is 17.9. The molecule has 2 fully saturated rings. The van der Waals surface area contributed by atoms with Crippen molar-refractivity contribution in [1.82, 2.24) is 14.5 Å². The molecule has 5 rings (SSSR count). The van der Waals surface area contributed by atoms with Crippen molar-refractivity contribution in [3.63, 3.8) is 0 Å². The molecular formula is C23H29N3O2. The zero-order chi connectivity index (χ0) is 18.9. The van der Waals surface area contributed by atoms with E-state index in [4.69, 9.17) is 4.74 Å². The minimum atomic E-state index is 0.125. The molecule has 1 saturated carbocycles. The van der Waals surface area contributed by atoms with Gasteiger partial charge in [-0.1, -0.05) is 12.1 Å². The van der Waals surface area contributed by atoms with Crippen molar-refractivity contribution in [2.24, 2.45) is 5.92 Å². The van der Waals surface area contributed by atoms with Crippen molar-refractivity contribution in [2.75, 3.05) is 26.2 Å². The van der Waals surface area contributed by atoms with Gasteiger partial charge in [0.15, 0.2) is 0 Å². The molecule has 0 bridgehead atoms. The average Bonchev–Trinajstić information content (AvgIpc) is 3.46. The molecule has 2 aliphatic heterocycles. The molecule has 3 heterocycles. The highest BCUT2D eigenvalue weighted by atomic mass is 16.5. The van der Waals surface area contributed by atoms with Crippen molar-refractivity contribution in [3.8, 4) is 5.75 Å². The Morgan fingerprint density at radius 3 is 2.75 bits per heavy atom. The van der Waals surface area contributed by atoms with Crippen LogP contribution in [0.3, 0.4) is 0 Å². The maximum atomic E-state index is 12.4. The van der Waals surface area contributed by atoms with E-state index in [1.54, 1.807) is 12.4 Å². The van der Waals surface area contributed by atoms with Crippen LogP contribution in [0.15, 0.2) is 35.4 Å². The van der Waals surface area contributed by atoms with E-state index in [1.807, 2.05) is 4.57 Å². The van der Waals surface area contributed by atoms with E-state index in [0.717, 1.165) is 69.9 Å². The molecule has 0 unspecified atom stereocenters. The second-order valence-electron chi connectivity index (χ2n) is 8.65. The molecule has 1 saturated heterocycles. The van der Waals surface area contributed by atoms with Crippen LogP contribution in [0.1, 0.15) is 48.4 Å². The summed E-state index contributed by atoms with van der Waals surface area (Å²) in [6, 6.07) is 8.42. The number of likely N-dealkylation sites (tertiary alicyclic amines) is 1. The van der Waals surface area contributed by atoms with Gasteiger partial charge in [-0.15, -0.1) is 0 Å². The largest absolute Gasteiger partial charge is 0.493 e. The van der Waals surface area contributed by atoms with Gasteiger partial charge in [-0.05, 0) is 68.3 Å². The highest BCUT2D eigenvalue weighted by molar-refractivity contribution is 5.39. The molecule has 1 aromatic carbocycles. The number of hydrogen-bond donors (Lipinski definition) is 0. The lowest BCUT2D eigenvalue weighted by atomic mass is 9.96. The van der Waals surface area contributed by atoms with Crippen LogP contribution in [-0.4, -0.2) is 40.7 Å². The zero-order valence-electron chi connectivity index (χ0n) is 16.5. The van der Waals surface area contributed by atoms with Crippen molar-refractivity contribution in [3.05, 3.63) is 57.8 Å². The minimum absolute atomic E-state index is 0.125. The van der Waals surface area contributed by atoms with Gasteiger partial charge < -0.3 is 9.64 Å². The molecular weight excluding hydrogens is 350 g/mol. The number of fused-ring (bicyclic) bond motifs is 1. The Morgan fingerprint density at radius 2 is 1.96 bits per heavy atom. The fourth-order valence-electron chi connectivity index (χ4n) is 4.53. The monoisotopic (exact) mass is 379 g/mol. The predicted molar refractivity (Wildman–Crippen MR) is 109 cm³/mol. The van der Waals surface area contributed by atoms with Crippen LogP contribution in [0.4, 0.5) is 0 Å². The molecule has 1 aliphatic carbocycles. The molecule has 0 spiro atoms. The quantitative estimate of drug-likeness (QED) is 0.774. The lowest BCUT2D eigenvalue weighted by molar-refractivity contribution is 0.174. The van der Waals surface area contributed by atoms with Crippen LogP contribution in [0.2, 0.25) is 0 Å². The zero-order valence-corrected chi connectivity index (χ0v) is 16.5. The number of rotatable bonds is 6. The molecule has 3 aliphatic rings. The lowest BCUT2D eigenvalue weighted by Crippen LogP contribution is -2.37. The SMILES string of the molecule is O=c1cc(C2CC2)ncn1CC1CCN(CCc2ccc3c(c2)CCO3)CC1. The van der Waals surface area contributed by atoms with E-state index in [0.29, 0.717) is 11.8 Å². The van der Waals surface area contributed by atoms with E-state index < -0.39 is 0 Å². The molecule has 1 aromatic heterocycles. The van der Waals surface area contributed by atoms with E-state index in [1.165, 1.54) is 24.0 Å². The second kappa shape index (κ2) is 7.70. The summed E-state index contributed by atoms with van der Waals surface area (Å²) in [5.41, 5.74) is 3.90. The fourth-order valence-corrected chi connectivity index (χ4v) is 4.53. The normalized spacial score (nSPS) is 20.1. The summed E-state index contributed by atoms with van der Waals surface area (Å²) in [6.45, 7) is 5.01. The van der Waals surface area contributed by atoms with Crippen molar-refractivity contribution in [1.29, 1.82) is 0 Å². The highest BCUT2D eigenvalue weighted by Crippen LogP contribution is 2.38. The smallest absolute Gasteiger partial charge is 0.253 e. The van der Waals surface area contributed by atoms with E-state index in [-0.39, 0.29) is 5.56 Å².